The van der Waals surface area contributed by atoms with Crippen LogP contribution in [-0.4, -0.2) is 17.4 Å². The summed E-state index contributed by atoms with van der Waals surface area (Å²) in [6, 6.07) is 0. The molecule has 0 fully saturated rings. The van der Waals surface area contributed by atoms with E-state index in [2.05, 4.69) is 16.2 Å². The van der Waals surface area contributed by atoms with Crippen LogP contribution in [0.2, 0.25) is 0 Å². The zero-order chi connectivity index (χ0) is 12.0. The molecule has 1 aromatic rings. The maximum atomic E-state index is 11.7. The first-order chi connectivity index (χ1) is 7.65. The van der Waals surface area contributed by atoms with E-state index in [1.54, 1.807) is 0 Å². The average Bonchev–Trinajstić information content (AvgIpc) is 2.57. The zero-order valence-corrected chi connectivity index (χ0v) is 10.5. The number of carbonyl (C=O) groups excluding carboxylic acids is 1. The zero-order valence-electron chi connectivity index (χ0n) is 9.67. The molecule has 0 spiro atoms. The summed E-state index contributed by atoms with van der Waals surface area (Å²) in [6.45, 7) is 4.44. The third-order valence-electron chi connectivity index (χ3n) is 2.14. The van der Waals surface area contributed by atoms with Gasteiger partial charge in [0.25, 0.3) is 5.91 Å². The molecule has 0 aliphatic heterocycles. The molecule has 1 rings (SSSR count). The van der Waals surface area contributed by atoms with Gasteiger partial charge >= 0.3 is 0 Å². The number of hydrogen-bond acceptors (Lipinski definition) is 3. The second-order valence-corrected chi connectivity index (χ2v) is 4.77. The smallest absolute Gasteiger partial charge is 0.263 e. The van der Waals surface area contributed by atoms with Crippen molar-refractivity contribution in [1.29, 1.82) is 0 Å². The van der Waals surface area contributed by atoms with Gasteiger partial charge in [0.15, 0.2) is 0 Å². The van der Waals surface area contributed by atoms with E-state index in [1.807, 2.05) is 13.8 Å². The van der Waals surface area contributed by atoms with Crippen molar-refractivity contribution in [1.82, 2.24) is 10.3 Å². The minimum absolute atomic E-state index is 0.0243. The van der Waals surface area contributed by atoms with Gasteiger partial charge in [0.2, 0.25) is 0 Å². The predicted octanol–water partition coefficient (Wildman–Crippen LogP) is 2.29. The molecule has 0 radical (unpaired) electrons. The normalized spacial score (nSPS) is 9.81. The standard InChI is InChI=1S/C12H16N2OS/c1-4-5-6-7-8-13-12(15)11-9(2)14-10(3)16-11/h1H,5-8H2,2-3H3,(H,13,15). The maximum Gasteiger partial charge on any atom is 0.263 e. The lowest BCUT2D eigenvalue weighted by molar-refractivity contribution is 0.0956. The average molecular weight is 236 g/mol. The Morgan fingerprint density at radius 3 is 2.81 bits per heavy atom. The molecular formula is C12H16N2OS. The minimum Gasteiger partial charge on any atom is -0.351 e. The molecule has 1 heterocycles. The molecular weight excluding hydrogens is 220 g/mol. The summed E-state index contributed by atoms with van der Waals surface area (Å²) in [4.78, 5) is 16.7. The minimum atomic E-state index is -0.0243. The number of aromatic nitrogens is 1. The van der Waals surface area contributed by atoms with Crippen molar-refractivity contribution in [3.8, 4) is 12.3 Å². The molecule has 0 saturated heterocycles. The molecule has 0 atom stereocenters. The molecule has 0 aliphatic carbocycles. The van der Waals surface area contributed by atoms with Crippen LogP contribution >= 0.6 is 11.3 Å². The first kappa shape index (κ1) is 12.7. The molecule has 0 bridgehead atoms. The van der Waals surface area contributed by atoms with Crippen LogP contribution in [0.15, 0.2) is 0 Å². The van der Waals surface area contributed by atoms with Gasteiger partial charge in [-0.2, -0.15) is 0 Å². The van der Waals surface area contributed by atoms with Crippen LogP contribution in [0, 0.1) is 26.2 Å². The van der Waals surface area contributed by atoms with Crippen LogP contribution in [0.3, 0.4) is 0 Å². The number of rotatable bonds is 5. The summed E-state index contributed by atoms with van der Waals surface area (Å²) >= 11 is 1.44. The lowest BCUT2D eigenvalue weighted by atomic mass is 10.2. The highest BCUT2D eigenvalue weighted by Gasteiger charge is 2.12. The maximum absolute atomic E-state index is 11.7. The summed E-state index contributed by atoms with van der Waals surface area (Å²) in [5.74, 6) is 2.56. The van der Waals surface area contributed by atoms with Crippen molar-refractivity contribution >= 4 is 17.2 Å². The Morgan fingerprint density at radius 2 is 2.25 bits per heavy atom. The van der Waals surface area contributed by atoms with Crippen LogP contribution < -0.4 is 5.32 Å². The van der Waals surface area contributed by atoms with Crippen LogP contribution in [-0.2, 0) is 0 Å². The Bertz CT molecular complexity index is 404. The highest BCUT2D eigenvalue weighted by atomic mass is 32.1. The quantitative estimate of drug-likeness (QED) is 0.629. The Balaban J connectivity index is 2.36. The van der Waals surface area contributed by atoms with Gasteiger partial charge in [-0.1, -0.05) is 0 Å². The fraction of sp³-hybridized carbons (Fsp3) is 0.500. The number of amides is 1. The third-order valence-corrected chi connectivity index (χ3v) is 3.21. The molecule has 3 nitrogen and oxygen atoms in total. The van der Waals surface area contributed by atoms with Crippen molar-refractivity contribution < 1.29 is 4.79 Å². The van der Waals surface area contributed by atoms with Gasteiger partial charge in [-0.25, -0.2) is 4.98 Å². The molecule has 0 aliphatic rings. The van der Waals surface area contributed by atoms with Gasteiger partial charge in [0.05, 0.1) is 10.7 Å². The Morgan fingerprint density at radius 1 is 1.50 bits per heavy atom. The van der Waals surface area contributed by atoms with Gasteiger partial charge in [-0.05, 0) is 26.7 Å². The Kier molecular flexibility index (Phi) is 5.00. The topological polar surface area (TPSA) is 42.0 Å². The molecule has 1 aromatic heterocycles. The first-order valence-corrected chi connectivity index (χ1v) is 6.12. The largest absolute Gasteiger partial charge is 0.351 e. The molecule has 0 unspecified atom stereocenters. The van der Waals surface area contributed by atoms with E-state index in [9.17, 15) is 4.79 Å². The number of carbonyl (C=O) groups is 1. The van der Waals surface area contributed by atoms with E-state index in [-0.39, 0.29) is 5.91 Å². The fourth-order valence-corrected chi connectivity index (χ4v) is 2.21. The van der Waals surface area contributed by atoms with Crippen LogP contribution in [0.25, 0.3) is 0 Å². The van der Waals surface area contributed by atoms with Crippen molar-refractivity contribution in [2.24, 2.45) is 0 Å². The molecule has 1 amide bonds. The van der Waals surface area contributed by atoms with Gasteiger partial charge in [0, 0.05) is 13.0 Å². The summed E-state index contributed by atoms with van der Waals surface area (Å²) in [7, 11) is 0. The summed E-state index contributed by atoms with van der Waals surface area (Å²) in [6.07, 6.45) is 7.79. The first-order valence-electron chi connectivity index (χ1n) is 5.31. The monoisotopic (exact) mass is 236 g/mol. The van der Waals surface area contributed by atoms with Gasteiger partial charge in [0.1, 0.15) is 4.88 Å². The van der Waals surface area contributed by atoms with E-state index in [0.717, 1.165) is 34.8 Å². The molecule has 0 aromatic carbocycles. The van der Waals surface area contributed by atoms with E-state index in [4.69, 9.17) is 6.42 Å². The van der Waals surface area contributed by atoms with Crippen molar-refractivity contribution in [3.05, 3.63) is 15.6 Å². The lowest BCUT2D eigenvalue weighted by Crippen LogP contribution is -2.24. The summed E-state index contributed by atoms with van der Waals surface area (Å²) in [5.41, 5.74) is 0.809. The highest BCUT2D eigenvalue weighted by molar-refractivity contribution is 7.13. The SMILES string of the molecule is C#CCCCCNC(=O)c1sc(C)nc1C. The number of hydrogen-bond donors (Lipinski definition) is 1. The van der Waals surface area contributed by atoms with Gasteiger partial charge in [-0.15, -0.1) is 23.7 Å². The number of aryl methyl sites for hydroxylation is 2. The highest BCUT2D eigenvalue weighted by Crippen LogP contribution is 2.16. The second kappa shape index (κ2) is 6.29. The third kappa shape index (κ3) is 3.67. The molecule has 86 valence electrons. The molecule has 1 N–H and O–H groups in total. The number of nitrogens with zero attached hydrogens (tertiary/aromatic N) is 1. The molecule has 4 heteroatoms. The fourth-order valence-electron chi connectivity index (χ4n) is 1.38. The lowest BCUT2D eigenvalue weighted by Gasteiger charge is -2.02. The summed E-state index contributed by atoms with van der Waals surface area (Å²) < 4.78 is 0. The van der Waals surface area contributed by atoms with E-state index in [1.165, 1.54) is 11.3 Å². The van der Waals surface area contributed by atoms with E-state index < -0.39 is 0 Å². The van der Waals surface area contributed by atoms with Crippen molar-refractivity contribution in [2.45, 2.75) is 33.1 Å². The van der Waals surface area contributed by atoms with Gasteiger partial charge < -0.3 is 5.32 Å². The second-order valence-electron chi connectivity index (χ2n) is 3.56. The van der Waals surface area contributed by atoms with E-state index in [0.29, 0.717) is 6.54 Å². The number of terminal acetylenes is 1. The van der Waals surface area contributed by atoms with Crippen molar-refractivity contribution in [3.63, 3.8) is 0 Å². The molecule has 0 saturated carbocycles. The Labute approximate surface area is 100 Å². The van der Waals surface area contributed by atoms with Crippen molar-refractivity contribution in [2.75, 3.05) is 6.54 Å². The number of thiazole rings is 1. The Hall–Kier alpha value is -1.34. The number of nitrogens with one attached hydrogen (secondary N) is 1. The van der Waals surface area contributed by atoms with Crippen LogP contribution in [0.4, 0.5) is 0 Å². The molecule has 16 heavy (non-hydrogen) atoms. The van der Waals surface area contributed by atoms with E-state index >= 15 is 0 Å². The van der Waals surface area contributed by atoms with Crippen LogP contribution in [0.5, 0.6) is 0 Å². The predicted molar refractivity (Wildman–Crippen MR) is 66.6 cm³/mol. The number of unbranched alkanes of at least 4 members (excludes halogenated alkanes) is 2. The summed E-state index contributed by atoms with van der Waals surface area (Å²) in [5, 5.41) is 3.80. The van der Waals surface area contributed by atoms with Crippen LogP contribution in [0.1, 0.15) is 39.6 Å². The van der Waals surface area contributed by atoms with Gasteiger partial charge in [-0.3, -0.25) is 4.79 Å².